The van der Waals surface area contributed by atoms with Crippen LogP contribution in [0.25, 0.3) is 10.2 Å². The van der Waals surface area contributed by atoms with Gasteiger partial charge in [-0.2, -0.15) is 5.10 Å². The van der Waals surface area contributed by atoms with Gasteiger partial charge in [-0.3, -0.25) is 19.4 Å². The number of thiazole rings is 1. The standard InChI is InChI=1S/C22H23N5OS/c1-14-7-8-19-21(17(14)4)24-22(29-19)26(12-18-6-5-9-23-11-18)20(28)13-27-16(3)10-15(2)25-27/h5-11H,12-13H2,1-4H3. The van der Waals surface area contributed by atoms with Crippen molar-refractivity contribution in [2.24, 2.45) is 0 Å². The predicted octanol–water partition coefficient (Wildman–Crippen LogP) is 4.35. The van der Waals surface area contributed by atoms with Crippen molar-refractivity contribution in [2.75, 3.05) is 4.90 Å². The van der Waals surface area contributed by atoms with Crippen LogP contribution < -0.4 is 4.90 Å². The zero-order valence-corrected chi connectivity index (χ0v) is 17.8. The molecular formula is C22H23N5OS. The van der Waals surface area contributed by atoms with Gasteiger partial charge < -0.3 is 0 Å². The van der Waals surface area contributed by atoms with Gasteiger partial charge in [-0.15, -0.1) is 0 Å². The maximum Gasteiger partial charge on any atom is 0.250 e. The number of rotatable bonds is 5. The van der Waals surface area contributed by atoms with Crippen molar-refractivity contribution in [3.8, 4) is 0 Å². The number of nitrogens with zero attached hydrogens (tertiary/aromatic N) is 5. The molecule has 0 bridgehead atoms. The van der Waals surface area contributed by atoms with Crippen molar-refractivity contribution >= 4 is 32.6 Å². The van der Waals surface area contributed by atoms with Crippen LogP contribution in [-0.4, -0.2) is 25.7 Å². The zero-order valence-electron chi connectivity index (χ0n) is 17.0. The Bertz CT molecular complexity index is 1180. The summed E-state index contributed by atoms with van der Waals surface area (Å²) in [4.78, 5) is 24.1. The third-order valence-corrected chi connectivity index (χ3v) is 6.10. The van der Waals surface area contributed by atoms with Gasteiger partial charge in [-0.1, -0.05) is 23.5 Å². The number of anilines is 1. The summed E-state index contributed by atoms with van der Waals surface area (Å²) in [6, 6.07) is 10.0. The summed E-state index contributed by atoms with van der Waals surface area (Å²) in [5, 5.41) is 5.14. The lowest BCUT2D eigenvalue weighted by molar-refractivity contribution is -0.119. The number of pyridine rings is 1. The second-order valence-corrected chi connectivity index (χ2v) is 8.29. The lowest BCUT2D eigenvalue weighted by Gasteiger charge is -2.20. The highest BCUT2D eigenvalue weighted by Crippen LogP contribution is 2.32. The van der Waals surface area contributed by atoms with Gasteiger partial charge in [0.25, 0.3) is 5.91 Å². The van der Waals surface area contributed by atoms with Crippen LogP contribution >= 0.6 is 11.3 Å². The van der Waals surface area contributed by atoms with Crippen LogP contribution in [-0.2, 0) is 17.9 Å². The molecule has 1 aromatic carbocycles. The van der Waals surface area contributed by atoms with E-state index in [9.17, 15) is 4.79 Å². The monoisotopic (exact) mass is 405 g/mol. The SMILES string of the molecule is Cc1cc(C)n(CC(=O)N(Cc2cccnc2)c2nc3c(C)c(C)ccc3s2)n1. The van der Waals surface area contributed by atoms with E-state index in [0.717, 1.165) is 32.7 Å². The number of aromatic nitrogens is 4. The number of aryl methyl sites for hydroxylation is 4. The molecule has 0 unspecified atom stereocenters. The van der Waals surface area contributed by atoms with Gasteiger partial charge in [-0.25, -0.2) is 4.98 Å². The number of carbonyl (C=O) groups is 1. The highest BCUT2D eigenvalue weighted by Gasteiger charge is 2.22. The maximum atomic E-state index is 13.3. The van der Waals surface area contributed by atoms with Gasteiger partial charge in [-0.05, 0) is 62.6 Å². The van der Waals surface area contributed by atoms with Gasteiger partial charge in [0.1, 0.15) is 6.54 Å². The molecule has 1 amide bonds. The molecule has 3 heterocycles. The molecule has 148 valence electrons. The van der Waals surface area contributed by atoms with E-state index >= 15 is 0 Å². The largest absolute Gasteiger partial charge is 0.282 e. The Balaban J connectivity index is 1.73. The van der Waals surface area contributed by atoms with Crippen molar-refractivity contribution in [2.45, 2.75) is 40.8 Å². The van der Waals surface area contributed by atoms with Crippen LogP contribution in [0.1, 0.15) is 28.1 Å². The van der Waals surface area contributed by atoms with E-state index < -0.39 is 0 Å². The van der Waals surface area contributed by atoms with E-state index in [1.165, 1.54) is 16.9 Å². The average Bonchev–Trinajstić information content (AvgIpc) is 3.26. The predicted molar refractivity (Wildman–Crippen MR) is 116 cm³/mol. The summed E-state index contributed by atoms with van der Waals surface area (Å²) >= 11 is 1.54. The molecule has 3 aromatic heterocycles. The Hall–Kier alpha value is -3.06. The van der Waals surface area contributed by atoms with Gasteiger partial charge in [0, 0.05) is 18.1 Å². The molecule has 0 aliphatic heterocycles. The molecule has 6 nitrogen and oxygen atoms in total. The van der Waals surface area contributed by atoms with E-state index in [0.29, 0.717) is 11.7 Å². The van der Waals surface area contributed by atoms with Crippen LogP contribution in [0.3, 0.4) is 0 Å². The van der Waals surface area contributed by atoms with Crippen molar-refractivity contribution in [1.29, 1.82) is 0 Å². The molecule has 0 saturated heterocycles. The van der Waals surface area contributed by atoms with E-state index in [2.05, 4.69) is 36.1 Å². The molecule has 0 atom stereocenters. The van der Waals surface area contributed by atoms with E-state index in [-0.39, 0.29) is 12.5 Å². The Morgan fingerprint density at radius 3 is 2.69 bits per heavy atom. The smallest absolute Gasteiger partial charge is 0.250 e. The summed E-state index contributed by atoms with van der Waals surface area (Å²) in [6.07, 6.45) is 3.52. The molecule has 0 radical (unpaired) electrons. The second kappa shape index (κ2) is 7.75. The minimum Gasteiger partial charge on any atom is -0.282 e. The molecule has 7 heteroatoms. The van der Waals surface area contributed by atoms with Gasteiger partial charge in [0.2, 0.25) is 0 Å². The van der Waals surface area contributed by atoms with Crippen LogP contribution in [0, 0.1) is 27.7 Å². The number of fused-ring (bicyclic) bond motifs is 1. The summed E-state index contributed by atoms with van der Waals surface area (Å²) in [5.74, 6) is -0.0477. The molecule has 0 fully saturated rings. The number of amides is 1. The Kier molecular flexibility index (Phi) is 5.15. The van der Waals surface area contributed by atoms with Crippen LogP contribution in [0.2, 0.25) is 0 Å². The average molecular weight is 406 g/mol. The van der Waals surface area contributed by atoms with Gasteiger partial charge in [0.15, 0.2) is 5.13 Å². The Labute approximate surface area is 173 Å². The molecule has 0 saturated carbocycles. The van der Waals surface area contributed by atoms with Crippen molar-refractivity contribution in [1.82, 2.24) is 19.7 Å². The first-order valence-electron chi connectivity index (χ1n) is 9.49. The molecule has 0 aliphatic carbocycles. The third-order valence-electron chi connectivity index (χ3n) is 5.06. The molecule has 0 spiro atoms. The second-order valence-electron chi connectivity index (χ2n) is 7.28. The fraction of sp³-hybridized carbons (Fsp3) is 0.273. The minimum absolute atomic E-state index is 0.0477. The highest BCUT2D eigenvalue weighted by molar-refractivity contribution is 7.22. The quantitative estimate of drug-likeness (QED) is 0.495. The number of benzene rings is 1. The molecule has 4 aromatic rings. The van der Waals surface area contributed by atoms with E-state index in [4.69, 9.17) is 4.98 Å². The number of hydrogen-bond acceptors (Lipinski definition) is 5. The molecule has 0 N–H and O–H groups in total. The summed E-state index contributed by atoms with van der Waals surface area (Å²) in [5.41, 5.74) is 6.13. The van der Waals surface area contributed by atoms with E-state index in [1.807, 2.05) is 32.0 Å². The number of carbonyl (C=O) groups excluding carboxylic acids is 1. The maximum absolute atomic E-state index is 13.3. The fourth-order valence-electron chi connectivity index (χ4n) is 3.31. The van der Waals surface area contributed by atoms with Crippen molar-refractivity contribution in [3.63, 3.8) is 0 Å². The minimum atomic E-state index is -0.0477. The van der Waals surface area contributed by atoms with Gasteiger partial charge >= 0.3 is 0 Å². The first kappa shape index (κ1) is 19.3. The van der Waals surface area contributed by atoms with Crippen LogP contribution in [0.4, 0.5) is 5.13 Å². The highest BCUT2D eigenvalue weighted by atomic mass is 32.1. The lowest BCUT2D eigenvalue weighted by atomic mass is 10.1. The molecule has 0 aliphatic rings. The summed E-state index contributed by atoms with van der Waals surface area (Å²) in [7, 11) is 0. The van der Waals surface area contributed by atoms with Crippen molar-refractivity contribution < 1.29 is 4.79 Å². The Morgan fingerprint density at radius 1 is 1.17 bits per heavy atom. The fourth-order valence-corrected chi connectivity index (χ4v) is 4.36. The molecule has 29 heavy (non-hydrogen) atoms. The van der Waals surface area contributed by atoms with Crippen LogP contribution in [0.5, 0.6) is 0 Å². The first-order chi connectivity index (χ1) is 13.9. The summed E-state index contributed by atoms with van der Waals surface area (Å²) < 4.78 is 2.83. The lowest BCUT2D eigenvalue weighted by Crippen LogP contribution is -2.34. The third kappa shape index (κ3) is 3.91. The zero-order chi connectivity index (χ0) is 20.5. The molecule has 4 rings (SSSR count). The van der Waals surface area contributed by atoms with Gasteiger partial charge in [0.05, 0.1) is 22.5 Å². The number of hydrogen-bond donors (Lipinski definition) is 0. The van der Waals surface area contributed by atoms with Crippen LogP contribution in [0.15, 0.2) is 42.7 Å². The van der Waals surface area contributed by atoms with Crippen molar-refractivity contribution in [3.05, 3.63) is 70.8 Å². The Morgan fingerprint density at radius 2 is 2.00 bits per heavy atom. The first-order valence-corrected chi connectivity index (χ1v) is 10.3. The normalized spacial score (nSPS) is 11.2. The summed E-state index contributed by atoms with van der Waals surface area (Å²) in [6.45, 7) is 8.64. The molecular weight excluding hydrogens is 382 g/mol. The topological polar surface area (TPSA) is 63.9 Å². The van der Waals surface area contributed by atoms with E-state index in [1.54, 1.807) is 22.0 Å².